The molecule has 1 aromatic heterocycles. The van der Waals surface area contributed by atoms with E-state index in [-0.39, 0.29) is 0 Å². The Morgan fingerprint density at radius 1 is 1.55 bits per heavy atom. The largest absolute Gasteiger partial charge is 0.374 e. The second-order valence-electron chi connectivity index (χ2n) is 3.13. The van der Waals surface area contributed by atoms with Crippen LogP contribution in [0.5, 0.6) is 0 Å². The summed E-state index contributed by atoms with van der Waals surface area (Å²) in [6, 6.07) is 2.16. The number of anilines is 1. The normalized spacial score (nSPS) is 15.3. The lowest BCUT2D eigenvalue weighted by atomic mass is 10.2. The summed E-state index contributed by atoms with van der Waals surface area (Å²) in [5, 5.41) is 0. The van der Waals surface area contributed by atoms with Gasteiger partial charge in [-0.05, 0) is 25.0 Å². The fourth-order valence-electron chi connectivity index (χ4n) is 1.53. The van der Waals surface area contributed by atoms with Gasteiger partial charge in [-0.1, -0.05) is 0 Å². The molecule has 1 aliphatic rings. The van der Waals surface area contributed by atoms with Gasteiger partial charge in [-0.3, -0.25) is 4.98 Å². The zero-order valence-electron chi connectivity index (χ0n) is 6.96. The highest BCUT2D eigenvalue weighted by Crippen LogP contribution is 2.25. The van der Waals surface area contributed by atoms with Crippen molar-refractivity contribution in [2.24, 2.45) is 0 Å². The maximum atomic E-state index is 4.26. The molecule has 0 spiro atoms. The van der Waals surface area contributed by atoms with Crippen LogP contribution in [0.1, 0.15) is 11.3 Å². The smallest absolute Gasteiger partial charge is 0.0430 e. The molecule has 2 nitrogen and oxygen atoms in total. The number of aryl methyl sites for hydroxylation is 1. The van der Waals surface area contributed by atoms with Crippen molar-refractivity contribution in [3.63, 3.8) is 0 Å². The summed E-state index contributed by atoms with van der Waals surface area (Å²) in [7, 11) is 2.13. The van der Waals surface area contributed by atoms with Crippen molar-refractivity contribution < 1.29 is 0 Å². The van der Waals surface area contributed by atoms with Gasteiger partial charge in [0, 0.05) is 31.2 Å². The Morgan fingerprint density at radius 3 is 3.18 bits per heavy atom. The summed E-state index contributed by atoms with van der Waals surface area (Å²) in [6.45, 7) is 3.17. The molecule has 1 aliphatic heterocycles. The number of fused-ring (bicyclic) bond motifs is 1. The number of aromatic nitrogens is 1. The molecule has 0 aromatic carbocycles. The Hall–Kier alpha value is -1.05. The molecule has 58 valence electrons. The highest BCUT2D eigenvalue weighted by atomic mass is 15.1. The van der Waals surface area contributed by atoms with Gasteiger partial charge in [0.25, 0.3) is 0 Å². The maximum absolute atomic E-state index is 4.26. The molecule has 0 saturated carbocycles. The van der Waals surface area contributed by atoms with Crippen LogP contribution in [0.3, 0.4) is 0 Å². The number of pyridine rings is 1. The topological polar surface area (TPSA) is 16.1 Å². The molecule has 0 saturated heterocycles. The highest BCUT2D eigenvalue weighted by molar-refractivity contribution is 5.56. The van der Waals surface area contributed by atoms with Crippen LogP contribution in [0.15, 0.2) is 12.3 Å². The fourth-order valence-corrected chi connectivity index (χ4v) is 1.53. The number of likely N-dealkylation sites (N-methyl/N-ethyl adjacent to an activating group) is 1. The summed E-state index contributed by atoms with van der Waals surface area (Å²) in [4.78, 5) is 6.54. The molecule has 0 N–H and O–H groups in total. The van der Waals surface area contributed by atoms with Gasteiger partial charge in [0.1, 0.15) is 0 Å². The van der Waals surface area contributed by atoms with Gasteiger partial charge in [-0.2, -0.15) is 0 Å². The molecule has 2 heteroatoms. The molecule has 2 rings (SSSR count). The van der Waals surface area contributed by atoms with Gasteiger partial charge >= 0.3 is 0 Å². The minimum Gasteiger partial charge on any atom is -0.374 e. The zero-order chi connectivity index (χ0) is 7.84. The van der Waals surface area contributed by atoms with Crippen molar-refractivity contribution in [3.8, 4) is 0 Å². The summed E-state index contributed by atoms with van der Waals surface area (Å²) < 4.78 is 0. The minimum absolute atomic E-state index is 1.11. The summed E-state index contributed by atoms with van der Waals surface area (Å²) >= 11 is 0. The van der Waals surface area contributed by atoms with E-state index in [2.05, 4.69) is 23.0 Å². The van der Waals surface area contributed by atoms with Crippen molar-refractivity contribution in [2.75, 3.05) is 18.5 Å². The molecular formula is C9H12N2. The number of hydrogen-bond acceptors (Lipinski definition) is 2. The van der Waals surface area contributed by atoms with E-state index in [0.717, 1.165) is 18.7 Å². The second-order valence-corrected chi connectivity index (χ2v) is 3.13. The molecule has 0 atom stereocenters. The van der Waals surface area contributed by atoms with Gasteiger partial charge in [0.15, 0.2) is 0 Å². The third-order valence-electron chi connectivity index (χ3n) is 2.23. The first-order valence-electron chi connectivity index (χ1n) is 3.94. The van der Waals surface area contributed by atoms with E-state index in [1.54, 1.807) is 0 Å². The Balaban J connectivity index is 2.52. The van der Waals surface area contributed by atoms with Crippen LogP contribution in [-0.2, 0) is 6.42 Å². The lowest BCUT2D eigenvalue weighted by Gasteiger charge is -2.11. The molecule has 2 heterocycles. The highest BCUT2D eigenvalue weighted by Gasteiger charge is 2.14. The van der Waals surface area contributed by atoms with Gasteiger partial charge < -0.3 is 4.90 Å². The van der Waals surface area contributed by atoms with E-state index in [0.29, 0.717) is 0 Å². The number of rotatable bonds is 0. The minimum atomic E-state index is 1.11. The lowest BCUT2D eigenvalue weighted by molar-refractivity contribution is 0.955. The molecule has 0 radical (unpaired) electrons. The molecule has 0 fully saturated rings. The van der Waals surface area contributed by atoms with Crippen molar-refractivity contribution in [2.45, 2.75) is 13.3 Å². The van der Waals surface area contributed by atoms with E-state index in [1.807, 2.05) is 13.1 Å². The van der Waals surface area contributed by atoms with E-state index in [1.165, 1.54) is 11.3 Å². The first-order valence-corrected chi connectivity index (χ1v) is 3.94. The lowest BCUT2D eigenvalue weighted by Crippen LogP contribution is -2.12. The van der Waals surface area contributed by atoms with Crippen molar-refractivity contribution in [1.29, 1.82) is 0 Å². The molecule has 0 bridgehead atoms. The first-order chi connectivity index (χ1) is 5.27. The Kier molecular flexibility index (Phi) is 1.34. The maximum Gasteiger partial charge on any atom is 0.0430 e. The van der Waals surface area contributed by atoms with Crippen LogP contribution in [0, 0.1) is 6.92 Å². The van der Waals surface area contributed by atoms with E-state index < -0.39 is 0 Å². The molecule has 0 aliphatic carbocycles. The van der Waals surface area contributed by atoms with Gasteiger partial charge in [-0.25, -0.2) is 0 Å². The molecule has 11 heavy (non-hydrogen) atoms. The van der Waals surface area contributed by atoms with Crippen molar-refractivity contribution >= 4 is 5.69 Å². The molecule has 0 unspecified atom stereocenters. The number of hydrogen-bond donors (Lipinski definition) is 0. The van der Waals surface area contributed by atoms with Crippen LogP contribution in [-0.4, -0.2) is 18.6 Å². The first kappa shape index (κ1) is 6.65. The van der Waals surface area contributed by atoms with Crippen LogP contribution >= 0.6 is 0 Å². The summed E-state index contributed by atoms with van der Waals surface area (Å²) in [5.41, 5.74) is 3.85. The van der Waals surface area contributed by atoms with Gasteiger partial charge in [-0.15, -0.1) is 0 Å². The van der Waals surface area contributed by atoms with Crippen LogP contribution < -0.4 is 4.90 Å². The quantitative estimate of drug-likeness (QED) is 0.552. The average Bonchev–Trinajstić information content (AvgIpc) is 2.33. The van der Waals surface area contributed by atoms with Crippen LogP contribution in [0.25, 0.3) is 0 Å². The van der Waals surface area contributed by atoms with Crippen LogP contribution in [0.4, 0.5) is 5.69 Å². The second kappa shape index (κ2) is 2.22. The predicted molar refractivity (Wildman–Crippen MR) is 45.9 cm³/mol. The molecule has 1 aromatic rings. The molecule has 0 amide bonds. The fraction of sp³-hybridized carbons (Fsp3) is 0.444. The SMILES string of the molecule is Cc1cc2c(cn1)CCN2C. The molecular weight excluding hydrogens is 136 g/mol. The van der Waals surface area contributed by atoms with Gasteiger partial charge in [0.05, 0.1) is 0 Å². The summed E-state index contributed by atoms with van der Waals surface area (Å²) in [6.07, 6.45) is 3.15. The Bertz CT molecular complexity index is 281. The third kappa shape index (κ3) is 0.985. The van der Waals surface area contributed by atoms with E-state index >= 15 is 0 Å². The Morgan fingerprint density at radius 2 is 2.36 bits per heavy atom. The number of nitrogens with zero attached hydrogens (tertiary/aromatic N) is 2. The van der Waals surface area contributed by atoms with Crippen molar-refractivity contribution in [1.82, 2.24) is 4.98 Å². The average molecular weight is 148 g/mol. The van der Waals surface area contributed by atoms with E-state index in [9.17, 15) is 0 Å². The standard InChI is InChI=1S/C9H12N2/c1-7-5-9-8(6-10-7)3-4-11(9)2/h5-6H,3-4H2,1-2H3. The van der Waals surface area contributed by atoms with Crippen molar-refractivity contribution in [3.05, 3.63) is 23.5 Å². The van der Waals surface area contributed by atoms with Gasteiger partial charge in [0.2, 0.25) is 0 Å². The third-order valence-corrected chi connectivity index (χ3v) is 2.23. The van der Waals surface area contributed by atoms with Crippen LogP contribution in [0.2, 0.25) is 0 Å². The predicted octanol–water partition coefficient (Wildman–Crippen LogP) is 1.38. The van der Waals surface area contributed by atoms with E-state index in [4.69, 9.17) is 0 Å². The zero-order valence-corrected chi connectivity index (χ0v) is 6.96. The summed E-state index contributed by atoms with van der Waals surface area (Å²) in [5.74, 6) is 0. The monoisotopic (exact) mass is 148 g/mol. The Labute approximate surface area is 66.9 Å².